The van der Waals surface area contributed by atoms with Crippen molar-refractivity contribution >= 4 is 29.2 Å². The van der Waals surface area contributed by atoms with E-state index in [1.165, 1.54) is 37.4 Å². The maximum atomic E-state index is 13.6. The van der Waals surface area contributed by atoms with E-state index in [4.69, 9.17) is 9.47 Å². The summed E-state index contributed by atoms with van der Waals surface area (Å²) in [6.07, 6.45) is -4.95. The van der Waals surface area contributed by atoms with Gasteiger partial charge in [0.1, 0.15) is 31.7 Å². The normalized spacial score (nSPS) is 19.4. The Hall–Kier alpha value is -3.84. The molecule has 0 bridgehead atoms. The lowest BCUT2D eigenvalue weighted by Crippen LogP contribution is -2.51. The molecule has 1 saturated heterocycles. The average Bonchev–Trinajstić information content (AvgIpc) is 3.34. The van der Waals surface area contributed by atoms with Crippen molar-refractivity contribution in [2.75, 3.05) is 32.3 Å². The summed E-state index contributed by atoms with van der Waals surface area (Å²) in [7, 11) is 1.36. The van der Waals surface area contributed by atoms with Crippen molar-refractivity contribution in [3.63, 3.8) is 0 Å². The van der Waals surface area contributed by atoms with E-state index in [-0.39, 0.29) is 24.2 Å². The Morgan fingerprint density at radius 2 is 1.87 bits per heavy atom. The topological polar surface area (TPSA) is 105 Å². The first-order valence-electron chi connectivity index (χ1n) is 11.9. The zero-order valence-corrected chi connectivity index (χ0v) is 21.0. The fourth-order valence-corrected chi connectivity index (χ4v) is 4.62. The molecule has 0 saturated carbocycles. The summed E-state index contributed by atoms with van der Waals surface area (Å²) in [5.41, 5.74) is -0.725. The highest BCUT2D eigenvalue weighted by molar-refractivity contribution is 6.15. The molecule has 1 heterocycles. The maximum absolute atomic E-state index is 13.6. The molecule has 4 rings (SSSR count). The second kappa shape index (κ2) is 10.7. The highest BCUT2D eigenvalue weighted by Crippen LogP contribution is 2.43. The molecule has 13 heteroatoms. The van der Waals surface area contributed by atoms with Gasteiger partial charge in [0, 0.05) is 31.3 Å². The van der Waals surface area contributed by atoms with Gasteiger partial charge in [0.15, 0.2) is 5.78 Å². The monoisotopic (exact) mass is 551 g/mol. The van der Waals surface area contributed by atoms with Crippen LogP contribution < -0.4 is 5.32 Å². The number of hydrogen-bond acceptors (Lipinski definition) is 6. The van der Waals surface area contributed by atoms with Crippen molar-refractivity contribution in [3.05, 3.63) is 65.0 Å². The second-order valence-corrected chi connectivity index (χ2v) is 9.28. The first kappa shape index (κ1) is 28.2. The Morgan fingerprint density at radius 1 is 1.18 bits per heavy atom. The fourth-order valence-electron chi connectivity index (χ4n) is 4.62. The van der Waals surface area contributed by atoms with Gasteiger partial charge >= 0.3 is 6.18 Å². The quantitative estimate of drug-likeness (QED) is 0.400. The van der Waals surface area contributed by atoms with Gasteiger partial charge in [-0.2, -0.15) is 13.2 Å². The minimum absolute atomic E-state index is 0.182. The molecule has 1 unspecified atom stereocenters. The summed E-state index contributed by atoms with van der Waals surface area (Å²) in [5.74, 6) is -3.49. The van der Waals surface area contributed by atoms with Crippen LogP contribution in [0.2, 0.25) is 0 Å². The summed E-state index contributed by atoms with van der Waals surface area (Å²) in [6, 6.07) is 6.91. The molecule has 1 N–H and O–H groups in total. The molecule has 2 aromatic rings. The fraction of sp³-hybridized carbons (Fsp3) is 0.385. The molecule has 1 fully saturated rings. The van der Waals surface area contributed by atoms with Crippen LogP contribution >= 0.6 is 0 Å². The molecule has 2 aliphatic rings. The van der Waals surface area contributed by atoms with Gasteiger partial charge in [0.25, 0.3) is 5.91 Å². The number of ether oxygens (including phenoxy) is 2. The Labute approximate surface area is 220 Å². The molecule has 39 heavy (non-hydrogen) atoms. The van der Waals surface area contributed by atoms with E-state index in [1.807, 2.05) is 0 Å². The molecule has 1 spiro atoms. The number of nitrogens with one attached hydrogen (secondary N) is 1. The summed E-state index contributed by atoms with van der Waals surface area (Å²) in [5, 5.41) is 2.60. The van der Waals surface area contributed by atoms with Gasteiger partial charge in [-0.05, 0) is 42.3 Å². The third-order valence-electron chi connectivity index (χ3n) is 6.67. The lowest BCUT2D eigenvalue weighted by molar-refractivity contribution is -0.187. The molecule has 0 aromatic heterocycles. The number of Topliss-reactive ketones (excluding diaryl/α,β-unsaturated/α-hetero) is 1. The Morgan fingerprint density at radius 3 is 2.51 bits per heavy atom. The van der Waals surface area contributed by atoms with E-state index in [9.17, 15) is 36.7 Å². The first-order valence-corrected chi connectivity index (χ1v) is 11.9. The molecule has 2 atom stereocenters. The SMILES string of the molecule is COCC(=O)Nc1ccc2c(c1)CC(=O)[C@]21OCN(CC(=O)N(Cc2ccc(F)cc2)C(C)C(F)(F)F)C1=O. The number of benzene rings is 2. The lowest BCUT2D eigenvalue weighted by atomic mass is 9.94. The summed E-state index contributed by atoms with van der Waals surface area (Å²) in [4.78, 5) is 52.8. The van der Waals surface area contributed by atoms with E-state index >= 15 is 0 Å². The van der Waals surface area contributed by atoms with E-state index < -0.39 is 67.0 Å². The number of ketones is 1. The van der Waals surface area contributed by atoms with Gasteiger partial charge in [-0.3, -0.25) is 19.2 Å². The predicted molar refractivity (Wildman–Crippen MR) is 127 cm³/mol. The Bertz CT molecular complexity index is 1300. The van der Waals surface area contributed by atoms with Crippen LogP contribution in [0.4, 0.5) is 23.2 Å². The van der Waals surface area contributed by atoms with E-state index in [1.54, 1.807) is 0 Å². The molecular weight excluding hydrogens is 526 g/mol. The number of alkyl halides is 3. The average molecular weight is 551 g/mol. The zero-order valence-electron chi connectivity index (χ0n) is 21.0. The minimum Gasteiger partial charge on any atom is -0.375 e. The highest BCUT2D eigenvalue weighted by Gasteiger charge is 2.59. The molecule has 208 valence electrons. The largest absolute Gasteiger partial charge is 0.408 e. The van der Waals surface area contributed by atoms with Gasteiger partial charge < -0.3 is 24.6 Å². The van der Waals surface area contributed by atoms with Gasteiger partial charge in [0.2, 0.25) is 17.4 Å². The molecule has 9 nitrogen and oxygen atoms in total. The van der Waals surface area contributed by atoms with Crippen LogP contribution in [-0.4, -0.2) is 72.5 Å². The summed E-state index contributed by atoms with van der Waals surface area (Å²) in [6.45, 7) is -1.11. The van der Waals surface area contributed by atoms with Crippen molar-refractivity contribution in [1.82, 2.24) is 9.80 Å². The van der Waals surface area contributed by atoms with Crippen molar-refractivity contribution in [3.8, 4) is 0 Å². The Kier molecular flexibility index (Phi) is 7.75. The number of fused-ring (bicyclic) bond motifs is 2. The molecule has 1 aliphatic carbocycles. The predicted octanol–water partition coefficient (Wildman–Crippen LogP) is 2.53. The molecular formula is C26H25F4N3O6. The van der Waals surface area contributed by atoms with Gasteiger partial charge in [-0.1, -0.05) is 18.2 Å². The molecule has 3 amide bonds. The number of hydrogen-bond donors (Lipinski definition) is 1. The lowest BCUT2D eigenvalue weighted by Gasteiger charge is -2.32. The summed E-state index contributed by atoms with van der Waals surface area (Å²) < 4.78 is 64.5. The van der Waals surface area contributed by atoms with Crippen LogP contribution in [0.15, 0.2) is 42.5 Å². The summed E-state index contributed by atoms with van der Waals surface area (Å²) >= 11 is 0. The highest BCUT2D eigenvalue weighted by atomic mass is 19.4. The number of carbonyl (C=O) groups is 4. The van der Waals surface area contributed by atoms with Gasteiger partial charge in [0.05, 0.1) is 0 Å². The zero-order chi connectivity index (χ0) is 28.5. The van der Waals surface area contributed by atoms with Gasteiger partial charge in [-0.15, -0.1) is 0 Å². The van der Waals surface area contributed by atoms with Crippen molar-refractivity contribution < 1.29 is 46.2 Å². The number of halogens is 4. The van der Waals surface area contributed by atoms with Gasteiger partial charge in [-0.25, -0.2) is 4.39 Å². The van der Waals surface area contributed by atoms with Crippen molar-refractivity contribution in [1.29, 1.82) is 0 Å². The van der Waals surface area contributed by atoms with Crippen LogP contribution in [0.25, 0.3) is 0 Å². The van der Waals surface area contributed by atoms with Crippen LogP contribution in [0.5, 0.6) is 0 Å². The standard InChI is InChI=1S/C26H25F4N3O6/c1-15(26(28,29)30)33(11-16-3-5-18(27)6-4-16)23(36)12-32-14-39-25(24(32)37)20-8-7-19(31-22(35)13-38-2)9-17(20)10-21(25)34/h3-9,15H,10-14H2,1-2H3,(H,31,35)/t15?,25-/m1/s1. The maximum Gasteiger partial charge on any atom is 0.408 e. The second-order valence-electron chi connectivity index (χ2n) is 9.28. The van der Waals surface area contributed by atoms with Crippen molar-refractivity contribution in [2.45, 2.75) is 37.7 Å². The number of nitrogens with zero attached hydrogens (tertiary/aromatic N) is 2. The minimum atomic E-state index is -4.76. The van der Waals surface area contributed by atoms with E-state index in [0.29, 0.717) is 16.2 Å². The van der Waals surface area contributed by atoms with Crippen LogP contribution in [0.3, 0.4) is 0 Å². The van der Waals surface area contributed by atoms with Crippen molar-refractivity contribution in [2.24, 2.45) is 0 Å². The number of rotatable bonds is 8. The third-order valence-corrected chi connectivity index (χ3v) is 6.67. The molecule has 2 aromatic carbocycles. The van der Waals surface area contributed by atoms with Crippen LogP contribution in [0, 0.1) is 5.82 Å². The Balaban J connectivity index is 1.54. The van der Waals surface area contributed by atoms with Crippen LogP contribution in [-0.2, 0) is 47.2 Å². The van der Waals surface area contributed by atoms with E-state index in [0.717, 1.165) is 24.0 Å². The number of amides is 3. The molecule has 0 radical (unpaired) electrons. The number of methoxy groups -OCH3 is 1. The number of anilines is 1. The van der Waals surface area contributed by atoms with E-state index in [2.05, 4.69) is 5.32 Å². The third kappa shape index (κ3) is 5.50. The van der Waals surface area contributed by atoms with Crippen LogP contribution in [0.1, 0.15) is 23.6 Å². The first-order chi connectivity index (χ1) is 18.4. The molecule has 1 aliphatic heterocycles. The smallest absolute Gasteiger partial charge is 0.375 e. The number of carbonyl (C=O) groups excluding carboxylic acids is 4.